The number of hydrogen-bond acceptors (Lipinski definition) is 3. The first kappa shape index (κ1) is 13.5. The molecule has 0 aromatic heterocycles. The van der Waals surface area contributed by atoms with Gasteiger partial charge in [-0.2, -0.15) is 0 Å². The Morgan fingerprint density at radius 3 is 2.94 bits per heavy atom. The van der Waals surface area contributed by atoms with Crippen LogP contribution in [0.1, 0.15) is 26.7 Å². The summed E-state index contributed by atoms with van der Waals surface area (Å²) in [4.78, 5) is 12.9. The number of carboxylic acids is 1. The summed E-state index contributed by atoms with van der Waals surface area (Å²) in [5.74, 6) is 0.562. The molecule has 2 N–H and O–H groups in total. The van der Waals surface area contributed by atoms with Crippen molar-refractivity contribution >= 4 is 5.97 Å². The SMILES string of the molecule is CC(C)CN1CCCC(CNCC(=O)O)C1. The average molecular weight is 228 g/mol. The summed E-state index contributed by atoms with van der Waals surface area (Å²) in [5.41, 5.74) is 0. The zero-order chi connectivity index (χ0) is 12.0. The van der Waals surface area contributed by atoms with Gasteiger partial charge in [-0.15, -0.1) is 0 Å². The van der Waals surface area contributed by atoms with Gasteiger partial charge in [-0.1, -0.05) is 13.8 Å². The molecule has 1 aliphatic rings. The molecule has 16 heavy (non-hydrogen) atoms. The molecular weight excluding hydrogens is 204 g/mol. The summed E-state index contributed by atoms with van der Waals surface area (Å²) >= 11 is 0. The highest BCUT2D eigenvalue weighted by molar-refractivity contribution is 5.68. The third-order valence-electron chi connectivity index (χ3n) is 2.94. The quantitative estimate of drug-likeness (QED) is 0.713. The molecule has 1 saturated heterocycles. The monoisotopic (exact) mass is 228 g/mol. The van der Waals surface area contributed by atoms with Crippen molar-refractivity contribution in [3.63, 3.8) is 0 Å². The minimum atomic E-state index is -0.769. The van der Waals surface area contributed by atoms with Crippen molar-refractivity contribution in [1.82, 2.24) is 10.2 Å². The van der Waals surface area contributed by atoms with Gasteiger partial charge in [-0.05, 0) is 37.8 Å². The topological polar surface area (TPSA) is 52.6 Å². The second-order valence-electron chi connectivity index (χ2n) is 5.19. The number of nitrogens with zero attached hydrogens (tertiary/aromatic N) is 1. The number of nitrogens with one attached hydrogen (secondary N) is 1. The molecule has 0 amide bonds. The summed E-state index contributed by atoms with van der Waals surface area (Å²) in [6, 6.07) is 0. The molecule has 94 valence electrons. The molecule has 4 heteroatoms. The maximum Gasteiger partial charge on any atom is 0.317 e. The Hall–Kier alpha value is -0.610. The molecule has 1 heterocycles. The highest BCUT2D eigenvalue weighted by Crippen LogP contribution is 2.16. The molecule has 1 atom stereocenters. The van der Waals surface area contributed by atoms with Crippen LogP contribution in [0.4, 0.5) is 0 Å². The molecule has 0 bridgehead atoms. The van der Waals surface area contributed by atoms with Crippen LogP contribution in [0.15, 0.2) is 0 Å². The van der Waals surface area contributed by atoms with Crippen molar-refractivity contribution in [3.8, 4) is 0 Å². The smallest absolute Gasteiger partial charge is 0.317 e. The van der Waals surface area contributed by atoms with E-state index in [1.54, 1.807) is 0 Å². The van der Waals surface area contributed by atoms with E-state index in [4.69, 9.17) is 5.11 Å². The fraction of sp³-hybridized carbons (Fsp3) is 0.917. The van der Waals surface area contributed by atoms with E-state index < -0.39 is 5.97 Å². The van der Waals surface area contributed by atoms with Crippen LogP contribution < -0.4 is 5.32 Å². The Bertz CT molecular complexity index is 219. The minimum Gasteiger partial charge on any atom is -0.480 e. The fourth-order valence-electron chi connectivity index (χ4n) is 2.38. The molecule has 0 aromatic rings. The largest absolute Gasteiger partial charge is 0.480 e. The molecule has 1 aliphatic heterocycles. The van der Waals surface area contributed by atoms with Gasteiger partial charge in [0.15, 0.2) is 0 Å². The number of likely N-dealkylation sites (tertiary alicyclic amines) is 1. The zero-order valence-corrected chi connectivity index (χ0v) is 10.4. The van der Waals surface area contributed by atoms with Crippen LogP contribution in [0.3, 0.4) is 0 Å². The molecule has 4 nitrogen and oxygen atoms in total. The van der Waals surface area contributed by atoms with Crippen LogP contribution in [0.5, 0.6) is 0 Å². The van der Waals surface area contributed by atoms with E-state index in [2.05, 4.69) is 24.1 Å². The fourth-order valence-corrected chi connectivity index (χ4v) is 2.38. The lowest BCUT2D eigenvalue weighted by Crippen LogP contribution is -2.41. The number of carbonyl (C=O) groups is 1. The Balaban J connectivity index is 2.19. The number of rotatable bonds is 6. The van der Waals surface area contributed by atoms with Gasteiger partial charge in [-0.3, -0.25) is 4.79 Å². The average Bonchev–Trinajstić information content (AvgIpc) is 2.16. The number of hydrogen-bond donors (Lipinski definition) is 2. The second-order valence-corrected chi connectivity index (χ2v) is 5.19. The number of piperidine rings is 1. The maximum absolute atomic E-state index is 10.4. The van der Waals surface area contributed by atoms with Crippen LogP contribution in [-0.2, 0) is 4.79 Å². The predicted octanol–water partition coefficient (Wildman–Crippen LogP) is 1.03. The lowest BCUT2D eigenvalue weighted by Gasteiger charge is -2.33. The van der Waals surface area contributed by atoms with Crippen LogP contribution >= 0.6 is 0 Å². The number of carboxylic acid groups (broad SMARTS) is 1. The highest BCUT2D eigenvalue weighted by atomic mass is 16.4. The van der Waals surface area contributed by atoms with E-state index in [9.17, 15) is 4.79 Å². The molecule has 0 aromatic carbocycles. The highest BCUT2D eigenvalue weighted by Gasteiger charge is 2.19. The Kier molecular flexibility index (Phi) is 5.77. The van der Waals surface area contributed by atoms with E-state index in [1.165, 1.54) is 19.4 Å². The molecule has 0 saturated carbocycles. The lowest BCUT2D eigenvalue weighted by atomic mass is 9.97. The summed E-state index contributed by atoms with van der Waals surface area (Å²) in [6.45, 7) is 8.88. The van der Waals surface area contributed by atoms with E-state index in [0.717, 1.165) is 19.6 Å². The van der Waals surface area contributed by atoms with Gasteiger partial charge in [0.1, 0.15) is 0 Å². The second kappa shape index (κ2) is 6.86. The van der Waals surface area contributed by atoms with Gasteiger partial charge in [0, 0.05) is 13.1 Å². The summed E-state index contributed by atoms with van der Waals surface area (Å²) in [5, 5.41) is 11.5. The van der Waals surface area contributed by atoms with Crippen molar-refractivity contribution in [2.24, 2.45) is 11.8 Å². The maximum atomic E-state index is 10.4. The minimum absolute atomic E-state index is 0.0840. The Labute approximate surface area is 98.0 Å². The summed E-state index contributed by atoms with van der Waals surface area (Å²) < 4.78 is 0. The first-order valence-electron chi connectivity index (χ1n) is 6.22. The van der Waals surface area contributed by atoms with Crippen LogP contribution in [0.25, 0.3) is 0 Å². The number of aliphatic carboxylic acids is 1. The first-order chi connectivity index (χ1) is 7.58. The van der Waals surface area contributed by atoms with E-state index >= 15 is 0 Å². The van der Waals surface area contributed by atoms with Gasteiger partial charge in [0.2, 0.25) is 0 Å². The van der Waals surface area contributed by atoms with Crippen LogP contribution in [0.2, 0.25) is 0 Å². The molecular formula is C12H24N2O2. The van der Waals surface area contributed by atoms with Gasteiger partial charge in [-0.25, -0.2) is 0 Å². The van der Waals surface area contributed by atoms with Gasteiger partial charge in [0.05, 0.1) is 6.54 Å². The van der Waals surface area contributed by atoms with Crippen LogP contribution in [-0.4, -0.2) is 48.7 Å². The third-order valence-corrected chi connectivity index (χ3v) is 2.94. The molecule has 1 rings (SSSR count). The Morgan fingerprint density at radius 2 is 2.31 bits per heavy atom. The van der Waals surface area contributed by atoms with Crippen molar-refractivity contribution in [2.45, 2.75) is 26.7 Å². The molecule has 1 unspecified atom stereocenters. The van der Waals surface area contributed by atoms with Crippen molar-refractivity contribution in [1.29, 1.82) is 0 Å². The first-order valence-corrected chi connectivity index (χ1v) is 6.22. The van der Waals surface area contributed by atoms with E-state index in [-0.39, 0.29) is 6.54 Å². The standard InChI is InChI=1S/C12H24N2O2/c1-10(2)8-14-5-3-4-11(9-14)6-13-7-12(15)16/h10-11,13H,3-9H2,1-2H3,(H,15,16). The van der Waals surface area contributed by atoms with Gasteiger partial charge >= 0.3 is 5.97 Å². The van der Waals surface area contributed by atoms with Gasteiger partial charge in [0.25, 0.3) is 0 Å². The Morgan fingerprint density at radius 1 is 1.56 bits per heavy atom. The van der Waals surface area contributed by atoms with E-state index in [1.807, 2.05) is 0 Å². The zero-order valence-electron chi connectivity index (χ0n) is 10.4. The summed E-state index contributed by atoms with van der Waals surface area (Å²) in [7, 11) is 0. The molecule has 0 radical (unpaired) electrons. The van der Waals surface area contributed by atoms with Gasteiger partial charge < -0.3 is 15.3 Å². The summed E-state index contributed by atoms with van der Waals surface area (Å²) in [6.07, 6.45) is 2.47. The normalized spacial score (nSPS) is 22.6. The molecule has 0 aliphatic carbocycles. The van der Waals surface area contributed by atoms with Crippen molar-refractivity contribution < 1.29 is 9.90 Å². The van der Waals surface area contributed by atoms with Crippen molar-refractivity contribution in [2.75, 3.05) is 32.7 Å². The van der Waals surface area contributed by atoms with E-state index in [0.29, 0.717) is 11.8 Å². The molecule has 0 spiro atoms. The van der Waals surface area contributed by atoms with Crippen molar-refractivity contribution in [3.05, 3.63) is 0 Å². The third kappa shape index (κ3) is 5.47. The predicted molar refractivity (Wildman–Crippen MR) is 64.5 cm³/mol. The lowest BCUT2D eigenvalue weighted by molar-refractivity contribution is -0.136. The van der Waals surface area contributed by atoms with Crippen LogP contribution in [0, 0.1) is 11.8 Å². The molecule has 1 fully saturated rings.